The van der Waals surface area contributed by atoms with Crippen LogP contribution in [0.5, 0.6) is 11.5 Å². The Morgan fingerprint density at radius 3 is 2.47 bits per heavy atom. The van der Waals surface area contributed by atoms with Gasteiger partial charge in [-0.3, -0.25) is 4.79 Å². The molecule has 0 bridgehead atoms. The van der Waals surface area contributed by atoms with Crippen LogP contribution in [0.15, 0.2) is 21.3 Å². The second kappa shape index (κ2) is 7.78. The number of phenolic OH excluding ortho intramolecular Hbond substituents is 2. The molecule has 30 heavy (non-hydrogen) atoms. The highest BCUT2D eigenvalue weighted by Gasteiger charge is 2.46. The summed E-state index contributed by atoms with van der Waals surface area (Å²) in [6.45, 7) is -0.644. The highest BCUT2D eigenvalue weighted by molar-refractivity contribution is 5.85. The van der Waals surface area contributed by atoms with Gasteiger partial charge in [-0.25, -0.2) is 0 Å². The average molecular weight is 426 g/mol. The number of phenols is 2. The van der Waals surface area contributed by atoms with Crippen LogP contribution in [0.3, 0.4) is 0 Å². The normalized spacial score (nSPS) is 34.1. The summed E-state index contributed by atoms with van der Waals surface area (Å²) in [6.07, 6.45) is -9.50. The Bertz CT molecular complexity index is 1000. The van der Waals surface area contributed by atoms with Crippen molar-refractivity contribution in [3.05, 3.63) is 33.7 Å². The zero-order chi connectivity index (χ0) is 21.7. The SMILES string of the molecule is O=c1c2c(oc3cc(O)cc(O)c13)C(O)CCC2O[C@@H]1O[C@H](CO)[C@@H](O)[C@H](O)[C@H]1O. The molecule has 2 unspecified atom stereocenters. The van der Waals surface area contributed by atoms with E-state index in [4.69, 9.17) is 13.9 Å². The van der Waals surface area contributed by atoms with Gasteiger partial charge in [0.05, 0.1) is 18.3 Å². The van der Waals surface area contributed by atoms with Crippen LogP contribution in [-0.2, 0) is 9.47 Å². The third-order valence-electron chi connectivity index (χ3n) is 5.50. The summed E-state index contributed by atoms with van der Waals surface area (Å²) in [6, 6.07) is 2.10. The van der Waals surface area contributed by atoms with E-state index in [1.807, 2.05) is 0 Å². The quantitative estimate of drug-likeness (QED) is 0.315. The van der Waals surface area contributed by atoms with Crippen LogP contribution in [0.25, 0.3) is 11.0 Å². The fraction of sp³-hybridized carbons (Fsp3) is 0.526. The lowest BCUT2D eigenvalue weighted by Crippen LogP contribution is -2.59. The van der Waals surface area contributed by atoms with Crippen molar-refractivity contribution in [1.82, 2.24) is 0 Å². The Balaban J connectivity index is 1.75. The minimum Gasteiger partial charge on any atom is -0.508 e. The minimum atomic E-state index is -1.67. The van der Waals surface area contributed by atoms with E-state index in [9.17, 15) is 40.5 Å². The van der Waals surface area contributed by atoms with Gasteiger partial charge in [0.2, 0.25) is 5.43 Å². The van der Waals surface area contributed by atoms with Crippen LogP contribution in [0.4, 0.5) is 0 Å². The van der Waals surface area contributed by atoms with Crippen molar-refractivity contribution in [2.75, 3.05) is 6.61 Å². The summed E-state index contributed by atoms with van der Waals surface area (Å²) >= 11 is 0. The Labute approximate surface area is 169 Å². The molecule has 7 atom stereocenters. The van der Waals surface area contributed by atoms with Gasteiger partial charge >= 0.3 is 0 Å². The molecule has 2 aromatic rings. The zero-order valence-corrected chi connectivity index (χ0v) is 15.6. The predicted molar refractivity (Wildman–Crippen MR) is 97.6 cm³/mol. The third kappa shape index (κ3) is 3.34. The van der Waals surface area contributed by atoms with Crippen LogP contribution in [0.1, 0.15) is 36.4 Å². The number of aromatic hydroxyl groups is 2. The van der Waals surface area contributed by atoms with E-state index < -0.39 is 60.7 Å². The lowest BCUT2D eigenvalue weighted by atomic mass is 9.90. The number of hydrogen-bond donors (Lipinski definition) is 7. The highest BCUT2D eigenvalue weighted by Crippen LogP contribution is 2.41. The number of aliphatic hydroxyl groups excluding tert-OH is 5. The van der Waals surface area contributed by atoms with Crippen molar-refractivity contribution in [3.63, 3.8) is 0 Å². The molecule has 1 aliphatic heterocycles. The molecule has 0 radical (unpaired) electrons. The molecular weight excluding hydrogens is 404 g/mol. The molecule has 0 spiro atoms. The molecule has 2 heterocycles. The van der Waals surface area contributed by atoms with E-state index in [0.29, 0.717) is 0 Å². The maximum absolute atomic E-state index is 13.1. The Hall–Kier alpha value is -2.25. The van der Waals surface area contributed by atoms with Crippen LogP contribution in [0, 0.1) is 0 Å². The van der Waals surface area contributed by atoms with Crippen molar-refractivity contribution in [2.45, 2.75) is 55.8 Å². The van der Waals surface area contributed by atoms with Crippen molar-refractivity contribution < 1.29 is 49.6 Å². The summed E-state index contributed by atoms with van der Waals surface area (Å²) in [7, 11) is 0. The Morgan fingerprint density at radius 2 is 1.77 bits per heavy atom. The first kappa shape index (κ1) is 21.0. The molecule has 0 amide bonds. The van der Waals surface area contributed by atoms with E-state index in [-0.39, 0.29) is 40.9 Å². The molecule has 164 valence electrons. The topological polar surface area (TPSA) is 190 Å². The zero-order valence-electron chi connectivity index (χ0n) is 15.6. The summed E-state index contributed by atoms with van der Waals surface area (Å²) in [4.78, 5) is 13.1. The lowest BCUT2D eigenvalue weighted by Gasteiger charge is -2.41. The maximum atomic E-state index is 13.1. The van der Waals surface area contributed by atoms with Crippen molar-refractivity contribution in [2.24, 2.45) is 0 Å². The lowest BCUT2D eigenvalue weighted by molar-refractivity contribution is -0.314. The van der Waals surface area contributed by atoms with Crippen molar-refractivity contribution in [3.8, 4) is 11.5 Å². The van der Waals surface area contributed by atoms with E-state index in [2.05, 4.69) is 0 Å². The second-order valence-corrected chi connectivity index (χ2v) is 7.46. The molecule has 1 aromatic heterocycles. The van der Waals surface area contributed by atoms with E-state index in [1.54, 1.807) is 0 Å². The standard InChI is InChI=1S/C19H22O11/c20-5-11-14(24)16(26)17(27)19(30-11)29-9-2-1-7(22)18-13(9)15(25)12-8(23)3-6(21)4-10(12)28-18/h3-4,7,9,11,14,16-17,19-24,26-27H,1-2,5H2/t7?,9?,11-,14-,16+,17-,19-/m1/s1. The molecule has 2 aliphatic rings. The molecule has 0 saturated carbocycles. The summed E-state index contributed by atoms with van der Waals surface area (Å²) in [5.74, 6) is -0.964. The first-order valence-electron chi connectivity index (χ1n) is 9.39. The van der Waals surface area contributed by atoms with Gasteiger partial charge in [0, 0.05) is 12.1 Å². The third-order valence-corrected chi connectivity index (χ3v) is 5.50. The molecule has 11 nitrogen and oxygen atoms in total. The number of hydrogen-bond acceptors (Lipinski definition) is 11. The van der Waals surface area contributed by atoms with E-state index >= 15 is 0 Å². The van der Waals surface area contributed by atoms with Gasteiger partial charge in [-0.1, -0.05) is 0 Å². The van der Waals surface area contributed by atoms with Gasteiger partial charge in [-0.15, -0.1) is 0 Å². The molecule has 7 N–H and O–H groups in total. The maximum Gasteiger partial charge on any atom is 0.202 e. The average Bonchev–Trinajstić information content (AvgIpc) is 2.69. The summed E-state index contributed by atoms with van der Waals surface area (Å²) in [5, 5.41) is 69.2. The van der Waals surface area contributed by atoms with E-state index in [0.717, 1.165) is 12.1 Å². The fourth-order valence-corrected chi connectivity index (χ4v) is 3.93. The molecule has 1 aliphatic carbocycles. The first-order valence-corrected chi connectivity index (χ1v) is 9.39. The molecule has 1 fully saturated rings. The molecule has 1 saturated heterocycles. The largest absolute Gasteiger partial charge is 0.508 e. The first-order chi connectivity index (χ1) is 14.2. The Morgan fingerprint density at radius 1 is 1.03 bits per heavy atom. The molecule has 1 aromatic carbocycles. The van der Waals surface area contributed by atoms with Gasteiger partial charge in [0.25, 0.3) is 0 Å². The van der Waals surface area contributed by atoms with Crippen LogP contribution < -0.4 is 5.43 Å². The fourth-order valence-electron chi connectivity index (χ4n) is 3.93. The summed E-state index contributed by atoms with van der Waals surface area (Å²) < 4.78 is 16.6. The smallest absolute Gasteiger partial charge is 0.202 e. The Kier molecular flexibility index (Phi) is 5.45. The van der Waals surface area contributed by atoms with Crippen LogP contribution in [0.2, 0.25) is 0 Å². The van der Waals surface area contributed by atoms with Gasteiger partial charge in [-0.2, -0.15) is 0 Å². The predicted octanol–water partition coefficient (Wildman–Crippen LogP) is -1.11. The van der Waals surface area contributed by atoms with Crippen molar-refractivity contribution in [1.29, 1.82) is 0 Å². The molecule has 11 heteroatoms. The monoisotopic (exact) mass is 426 g/mol. The van der Waals surface area contributed by atoms with Crippen LogP contribution >= 0.6 is 0 Å². The van der Waals surface area contributed by atoms with Gasteiger partial charge < -0.3 is 49.6 Å². The van der Waals surface area contributed by atoms with Gasteiger partial charge in [-0.05, 0) is 12.8 Å². The van der Waals surface area contributed by atoms with Crippen molar-refractivity contribution >= 4 is 11.0 Å². The van der Waals surface area contributed by atoms with Gasteiger partial charge in [0.1, 0.15) is 58.7 Å². The molecule has 4 rings (SSSR count). The number of benzene rings is 1. The number of ether oxygens (including phenoxy) is 2. The second-order valence-electron chi connectivity index (χ2n) is 7.46. The summed E-state index contributed by atoms with van der Waals surface area (Å²) in [5.41, 5.74) is -0.917. The number of aliphatic hydroxyl groups is 5. The van der Waals surface area contributed by atoms with E-state index in [1.165, 1.54) is 0 Å². The number of rotatable bonds is 3. The minimum absolute atomic E-state index is 0.0980. The number of fused-ring (bicyclic) bond motifs is 2. The highest BCUT2D eigenvalue weighted by atomic mass is 16.7. The van der Waals surface area contributed by atoms with Crippen LogP contribution in [-0.4, -0.2) is 73.1 Å². The van der Waals surface area contributed by atoms with Gasteiger partial charge in [0.15, 0.2) is 6.29 Å². The molecular formula is C19H22O11.